The van der Waals surface area contributed by atoms with Gasteiger partial charge < -0.3 is 30.9 Å². The molecule has 0 bridgehead atoms. The number of carbonyl (C=O) groups excluding carboxylic acids is 3. The molecule has 1 heterocycles. The second-order valence-corrected chi connectivity index (χ2v) is 4.50. The van der Waals surface area contributed by atoms with Crippen LogP contribution in [0.4, 0.5) is 0 Å². The highest BCUT2D eigenvalue weighted by Crippen LogP contribution is 2.22. The number of primary amides is 1. The third-order valence-corrected chi connectivity index (χ3v) is 2.92. The number of aliphatic hydroxyl groups is 1. The number of hydrogen-bond donors (Lipinski definition) is 4. The third kappa shape index (κ3) is 3.65. The van der Waals surface area contributed by atoms with Crippen molar-refractivity contribution >= 4 is 17.7 Å². The maximum absolute atomic E-state index is 11.3. The molecule has 1 aliphatic heterocycles. The van der Waals surface area contributed by atoms with Crippen LogP contribution >= 0.6 is 0 Å². The Morgan fingerprint density at radius 1 is 1.15 bits per heavy atom. The van der Waals surface area contributed by atoms with Crippen LogP contribution in [0.3, 0.4) is 0 Å². The average Bonchev–Trinajstić information content (AvgIpc) is 2.32. The Kier molecular flexibility index (Phi) is 5.43. The van der Waals surface area contributed by atoms with Crippen LogP contribution in [0.15, 0.2) is 0 Å². The molecule has 9 heteroatoms. The normalized spacial score (nSPS) is 33.3. The van der Waals surface area contributed by atoms with E-state index in [0.29, 0.717) is 0 Å². The lowest BCUT2D eigenvalue weighted by molar-refractivity contribution is -0.224. The topological polar surface area (TPSA) is 140 Å². The van der Waals surface area contributed by atoms with Crippen molar-refractivity contribution in [2.75, 3.05) is 7.11 Å². The van der Waals surface area contributed by atoms with E-state index in [9.17, 15) is 19.5 Å². The van der Waals surface area contributed by atoms with Crippen LogP contribution in [0.5, 0.6) is 0 Å². The Morgan fingerprint density at radius 2 is 1.65 bits per heavy atom. The van der Waals surface area contributed by atoms with Crippen LogP contribution in [0, 0.1) is 0 Å². The summed E-state index contributed by atoms with van der Waals surface area (Å²) in [7, 11) is 1.31. The van der Waals surface area contributed by atoms with Crippen LogP contribution < -0.4 is 16.4 Å². The molecule has 0 spiro atoms. The molecule has 20 heavy (non-hydrogen) atoms. The lowest BCUT2D eigenvalue weighted by Crippen LogP contribution is -2.70. The van der Waals surface area contributed by atoms with Gasteiger partial charge in [-0.25, -0.2) is 0 Å². The van der Waals surface area contributed by atoms with Crippen molar-refractivity contribution < 1.29 is 29.0 Å². The fourth-order valence-corrected chi connectivity index (χ4v) is 2.18. The van der Waals surface area contributed by atoms with E-state index in [2.05, 4.69) is 10.6 Å². The van der Waals surface area contributed by atoms with Gasteiger partial charge in [0.05, 0.1) is 6.04 Å². The Hall–Kier alpha value is -1.71. The Balaban J connectivity index is 3.07. The van der Waals surface area contributed by atoms with Gasteiger partial charge in [0.15, 0.2) is 12.4 Å². The summed E-state index contributed by atoms with van der Waals surface area (Å²) < 4.78 is 10.2. The molecule has 1 aliphatic rings. The molecule has 0 aromatic heterocycles. The van der Waals surface area contributed by atoms with Gasteiger partial charge in [-0.05, 0) is 0 Å². The Bertz CT molecular complexity index is 400. The molecule has 1 fully saturated rings. The lowest BCUT2D eigenvalue weighted by atomic mass is 9.93. The lowest BCUT2D eigenvalue weighted by Gasteiger charge is -2.43. The summed E-state index contributed by atoms with van der Waals surface area (Å²) in [6.07, 6.45) is -3.67. The summed E-state index contributed by atoms with van der Waals surface area (Å²) in [5.74, 6) is -1.68. The molecule has 0 radical (unpaired) electrons. The molecular formula is C11H19N3O6. The molecule has 3 amide bonds. The maximum atomic E-state index is 11.3. The predicted octanol–water partition coefficient (Wildman–Crippen LogP) is -2.79. The summed E-state index contributed by atoms with van der Waals surface area (Å²) in [6, 6.07) is -1.82. The maximum Gasteiger partial charge on any atom is 0.249 e. The van der Waals surface area contributed by atoms with E-state index in [1.807, 2.05) is 0 Å². The van der Waals surface area contributed by atoms with E-state index in [4.69, 9.17) is 15.2 Å². The monoisotopic (exact) mass is 289 g/mol. The van der Waals surface area contributed by atoms with Gasteiger partial charge in [0, 0.05) is 21.0 Å². The number of aliphatic hydroxyl groups excluding tert-OH is 1. The van der Waals surface area contributed by atoms with Gasteiger partial charge in [0.25, 0.3) is 0 Å². The number of hydrogen-bond acceptors (Lipinski definition) is 6. The molecule has 0 unspecified atom stereocenters. The number of nitrogens with one attached hydrogen (secondary N) is 2. The quantitative estimate of drug-likeness (QED) is 0.441. The first kappa shape index (κ1) is 16.3. The second kappa shape index (κ2) is 6.64. The number of ether oxygens (including phenoxy) is 2. The average molecular weight is 289 g/mol. The van der Waals surface area contributed by atoms with Crippen LogP contribution in [0.1, 0.15) is 13.8 Å². The van der Waals surface area contributed by atoms with Gasteiger partial charge >= 0.3 is 0 Å². The largest absolute Gasteiger partial charge is 0.376 e. The molecule has 0 aromatic carbocycles. The van der Waals surface area contributed by atoms with E-state index in [1.165, 1.54) is 21.0 Å². The molecule has 0 aliphatic carbocycles. The van der Waals surface area contributed by atoms with Crippen LogP contribution in [0.25, 0.3) is 0 Å². The zero-order valence-corrected chi connectivity index (χ0v) is 11.5. The molecule has 0 aromatic rings. The molecule has 9 nitrogen and oxygen atoms in total. The SMILES string of the molecule is CO[C@@H]1[C@H](NC(C)=O)[C@@H](NC(C)=O)[C@H](O)O[C@@H]1C(N)=O. The highest BCUT2D eigenvalue weighted by Gasteiger charge is 2.48. The molecular weight excluding hydrogens is 270 g/mol. The van der Waals surface area contributed by atoms with Gasteiger partial charge in [-0.2, -0.15) is 0 Å². The van der Waals surface area contributed by atoms with Crippen molar-refractivity contribution in [1.82, 2.24) is 10.6 Å². The van der Waals surface area contributed by atoms with E-state index in [-0.39, 0.29) is 0 Å². The van der Waals surface area contributed by atoms with E-state index < -0.39 is 48.3 Å². The van der Waals surface area contributed by atoms with Gasteiger partial charge in [-0.15, -0.1) is 0 Å². The third-order valence-electron chi connectivity index (χ3n) is 2.92. The minimum atomic E-state index is -1.50. The fourth-order valence-electron chi connectivity index (χ4n) is 2.18. The minimum absolute atomic E-state index is 0.412. The summed E-state index contributed by atoms with van der Waals surface area (Å²) in [6.45, 7) is 2.51. The van der Waals surface area contributed by atoms with Crippen LogP contribution in [-0.4, -0.2) is 60.5 Å². The minimum Gasteiger partial charge on any atom is -0.376 e. The highest BCUT2D eigenvalue weighted by atomic mass is 16.6. The van der Waals surface area contributed by atoms with Crippen LogP contribution in [0.2, 0.25) is 0 Å². The number of methoxy groups -OCH3 is 1. The molecule has 1 saturated heterocycles. The molecule has 5 atom stereocenters. The number of rotatable bonds is 4. The van der Waals surface area contributed by atoms with Crippen molar-refractivity contribution in [1.29, 1.82) is 0 Å². The van der Waals surface area contributed by atoms with Crippen molar-refractivity contribution in [3.8, 4) is 0 Å². The first-order valence-corrected chi connectivity index (χ1v) is 5.97. The smallest absolute Gasteiger partial charge is 0.249 e. The molecule has 114 valence electrons. The molecule has 5 N–H and O–H groups in total. The standard InChI is InChI=1S/C11H19N3O6/c1-4(15)13-6-7(14-5(2)16)11(18)20-9(10(12)17)8(6)19-3/h6-9,11,18H,1-3H3,(H2,12,17)(H,13,15)(H,14,16)/t6-,7-,8-,9+,11-/m1/s1. The van der Waals surface area contributed by atoms with Crippen molar-refractivity contribution in [2.45, 2.75) is 44.4 Å². The first-order chi connectivity index (χ1) is 9.27. The molecule has 1 rings (SSSR count). The fraction of sp³-hybridized carbons (Fsp3) is 0.727. The van der Waals surface area contributed by atoms with E-state index in [0.717, 1.165) is 0 Å². The highest BCUT2D eigenvalue weighted by molar-refractivity contribution is 5.80. The summed E-state index contributed by atoms with van der Waals surface area (Å²) in [4.78, 5) is 33.8. The number of nitrogens with two attached hydrogens (primary N) is 1. The zero-order chi connectivity index (χ0) is 15.4. The first-order valence-electron chi connectivity index (χ1n) is 5.97. The van der Waals surface area contributed by atoms with Gasteiger partial charge in [-0.3, -0.25) is 14.4 Å². The Labute approximate surface area is 115 Å². The van der Waals surface area contributed by atoms with Crippen molar-refractivity contribution in [2.24, 2.45) is 5.73 Å². The van der Waals surface area contributed by atoms with E-state index >= 15 is 0 Å². The van der Waals surface area contributed by atoms with E-state index in [1.54, 1.807) is 0 Å². The molecule has 0 saturated carbocycles. The van der Waals surface area contributed by atoms with Gasteiger partial charge in [0.1, 0.15) is 12.1 Å². The van der Waals surface area contributed by atoms with Gasteiger partial charge in [0.2, 0.25) is 17.7 Å². The number of amides is 3. The van der Waals surface area contributed by atoms with Crippen LogP contribution in [-0.2, 0) is 23.9 Å². The summed E-state index contributed by atoms with van der Waals surface area (Å²) >= 11 is 0. The Morgan fingerprint density at radius 3 is 2.05 bits per heavy atom. The zero-order valence-electron chi connectivity index (χ0n) is 11.5. The second-order valence-electron chi connectivity index (χ2n) is 4.50. The van der Waals surface area contributed by atoms with Crippen molar-refractivity contribution in [3.63, 3.8) is 0 Å². The summed E-state index contributed by atoms with van der Waals surface area (Å²) in [5, 5.41) is 14.9. The summed E-state index contributed by atoms with van der Waals surface area (Å²) in [5.41, 5.74) is 5.18. The predicted molar refractivity (Wildman–Crippen MR) is 66.1 cm³/mol. The van der Waals surface area contributed by atoms with Gasteiger partial charge in [-0.1, -0.05) is 0 Å². The van der Waals surface area contributed by atoms with Crippen molar-refractivity contribution in [3.05, 3.63) is 0 Å². The number of carbonyl (C=O) groups is 3.